The summed E-state index contributed by atoms with van der Waals surface area (Å²) in [5, 5.41) is 14.0. The number of rotatable bonds is 7. The number of amides is 2. The molecule has 7 heteroatoms. The van der Waals surface area contributed by atoms with Gasteiger partial charge in [0, 0.05) is 18.2 Å². The first-order valence-corrected chi connectivity index (χ1v) is 7.99. The Labute approximate surface area is 150 Å². The van der Waals surface area contributed by atoms with E-state index >= 15 is 0 Å². The summed E-state index contributed by atoms with van der Waals surface area (Å²) in [4.78, 5) is 34.7. The number of carbonyl (C=O) groups excluding carboxylic acids is 2. The van der Waals surface area contributed by atoms with E-state index in [-0.39, 0.29) is 5.91 Å². The summed E-state index contributed by atoms with van der Waals surface area (Å²) in [6, 6.07) is 7.60. The first kappa shape index (κ1) is 19.0. The first-order chi connectivity index (χ1) is 12.4. The van der Waals surface area contributed by atoms with E-state index in [1.54, 1.807) is 43.3 Å². The van der Waals surface area contributed by atoms with E-state index in [4.69, 9.17) is 9.52 Å². The van der Waals surface area contributed by atoms with Crippen molar-refractivity contribution in [1.29, 1.82) is 0 Å². The molecule has 2 amide bonds. The lowest BCUT2D eigenvalue weighted by Crippen LogP contribution is -2.38. The highest BCUT2D eigenvalue weighted by Gasteiger charge is 2.16. The van der Waals surface area contributed by atoms with Gasteiger partial charge in [0.1, 0.15) is 11.8 Å². The predicted molar refractivity (Wildman–Crippen MR) is 95.3 cm³/mol. The number of carboxylic acid groups (broad SMARTS) is 1. The summed E-state index contributed by atoms with van der Waals surface area (Å²) in [6.45, 7) is 3.45. The Balaban J connectivity index is 1.93. The first-order valence-electron chi connectivity index (χ1n) is 7.99. The highest BCUT2D eigenvalue weighted by atomic mass is 16.4. The molecule has 1 aromatic heterocycles. The summed E-state index contributed by atoms with van der Waals surface area (Å²) in [5.41, 5.74) is 1.91. The van der Waals surface area contributed by atoms with Gasteiger partial charge in [-0.2, -0.15) is 0 Å². The van der Waals surface area contributed by atoms with E-state index in [9.17, 15) is 14.4 Å². The quantitative estimate of drug-likeness (QED) is 0.659. The van der Waals surface area contributed by atoms with Crippen molar-refractivity contribution in [2.75, 3.05) is 0 Å². The maximum absolute atomic E-state index is 12.1. The lowest BCUT2D eigenvalue weighted by Gasteiger charge is -2.12. The van der Waals surface area contributed by atoms with Crippen LogP contribution in [0.4, 0.5) is 0 Å². The zero-order valence-corrected chi connectivity index (χ0v) is 14.5. The van der Waals surface area contributed by atoms with Crippen LogP contribution in [-0.4, -0.2) is 28.9 Å². The average Bonchev–Trinajstić information content (AvgIpc) is 3.11. The molecule has 7 nitrogen and oxygen atoms in total. The van der Waals surface area contributed by atoms with Crippen molar-refractivity contribution in [3.63, 3.8) is 0 Å². The Morgan fingerprint density at radius 3 is 2.65 bits per heavy atom. The van der Waals surface area contributed by atoms with E-state index in [1.165, 1.54) is 19.3 Å². The van der Waals surface area contributed by atoms with Crippen molar-refractivity contribution in [2.24, 2.45) is 0 Å². The van der Waals surface area contributed by atoms with Gasteiger partial charge < -0.3 is 20.2 Å². The number of hydrogen-bond donors (Lipinski definition) is 3. The fourth-order valence-corrected chi connectivity index (χ4v) is 2.22. The van der Waals surface area contributed by atoms with E-state index in [0.717, 1.165) is 5.56 Å². The van der Waals surface area contributed by atoms with E-state index in [0.29, 0.717) is 23.4 Å². The third-order valence-electron chi connectivity index (χ3n) is 3.66. The molecule has 0 aliphatic rings. The second-order valence-corrected chi connectivity index (χ2v) is 5.75. The molecular weight excluding hydrogens is 336 g/mol. The summed E-state index contributed by atoms with van der Waals surface area (Å²) < 4.78 is 5.10. The fraction of sp³-hybridized carbons (Fsp3) is 0.211. The number of aryl methyl sites for hydroxylation is 1. The van der Waals surface area contributed by atoms with E-state index in [2.05, 4.69) is 10.6 Å². The van der Waals surface area contributed by atoms with Gasteiger partial charge >= 0.3 is 5.97 Å². The normalized spacial score (nSPS) is 11.9. The summed E-state index contributed by atoms with van der Waals surface area (Å²) >= 11 is 0. The molecule has 2 aromatic rings. The van der Waals surface area contributed by atoms with Crippen molar-refractivity contribution in [3.8, 4) is 0 Å². The molecule has 0 aliphatic carbocycles. The van der Waals surface area contributed by atoms with Crippen molar-refractivity contribution in [2.45, 2.75) is 26.4 Å². The molecule has 1 atom stereocenters. The third kappa shape index (κ3) is 5.34. The Kier molecular flexibility index (Phi) is 6.32. The number of benzene rings is 1. The number of aliphatic carboxylic acids is 1. The SMILES string of the molecule is Cc1cc(CNC(=O)/C=C/c2ccco2)ccc1C(=O)N[C@@H](C)C(=O)O. The molecule has 1 heterocycles. The van der Waals surface area contributed by atoms with Crippen molar-refractivity contribution < 1.29 is 23.9 Å². The van der Waals surface area contributed by atoms with Crippen LogP contribution >= 0.6 is 0 Å². The molecule has 3 N–H and O–H groups in total. The van der Waals surface area contributed by atoms with Gasteiger partial charge in [0.25, 0.3) is 5.91 Å². The van der Waals surface area contributed by atoms with Crippen LogP contribution in [-0.2, 0) is 16.1 Å². The Bertz CT molecular complexity index is 824. The number of hydrogen-bond acceptors (Lipinski definition) is 4. The summed E-state index contributed by atoms with van der Waals surface area (Å²) in [7, 11) is 0. The molecule has 1 aromatic carbocycles. The van der Waals surface area contributed by atoms with Crippen molar-refractivity contribution in [1.82, 2.24) is 10.6 Å². The zero-order chi connectivity index (χ0) is 19.1. The maximum atomic E-state index is 12.1. The van der Waals surface area contributed by atoms with Gasteiger partial charge in [-0.1, -0.05) is 12.1 Å². The number of carbonyl (C=O) groups is 3. The van der Waals surface area contributed by atoms with Gasteiger partial charge in [0.05, 0.1) is 6.26 Å². The van der Waals surface area contributed by atoms with Crippen LogP contribution in [0, 0.1) is 6.92 Å². The molecule has 0 saturated heterocycles. The van der Waals surface area contributed by atoms with Crippen LogP contribution in [0.3, 0.4) is 0 Å². The molecule has 0 fully saturated rings. The molecule has 0 spiro atoms. The molecule has 2 rings (SSSR count). The van der Waals surface area contributed by atoms with Gasteiger partial charge in [-0.3, -0.25) is 14.4 Å². The second kappa shape index (κ2) is 8.66. The average molecular weight is 356 g/mol. The van der Waals surface area contributed by atoms with Crippen LogP contribution in [0.25, 0.3) is 6.08 Å². The molecule has 0 saturated carbocycles. The molecule has 0 bridgehead atoms. The molecule has 136 valence electrons. The van der Waals surface area contributed by atoms with Crippen molar-refractivity contribution in [3.05, 3.63) is 65.1 Å². The largest absolute Gasteiger partial charge is 0.480 e. The molecule has 0 aliphatic heterocycles. The number of nitrogens with one attached hydrogen (secondary N) is 2. The second-order valence-electron chi connectivity index (χ2n) is 5.75. The summed E-state index contributed by atoms with van der Waals surface area (Å²) in [6.07, 6.45) is 4.47. The zero-order valence-electron chi connectivity index (χ0n) is 14.5. The molecular formula is C19H20N2O5. The van der Waals surface area contributed by atoms with Crippen molar-refractivity contribution >= 4 is 23.9 Å². The highest BCUT2D eigenvalue weighted by Crippen LogP contribution is 2.12. The van der Waals surface area contributed by atoms with Gasteiger partial charge in [0.2, 0.25) is 5.91 Å². The smallest absolute Gasteiger partial charge is 0.325 e. The Hall–Kier alpha value is -3.35. The third-order valence-corrected chi connectivity index (χ3v) is 3.66. The van der Waals surface area contributed by atoms with Gasteiger partial charge in [-0.15, -0.1) is 0 Å². The van der Waals surface area contributed by atoms with Gasteiger partial charge in [-0.25, -0.2) is 0 Å². The molecule has 0 radical (unpaired) electrons. The maximum Gasteiger partial charge on any atom is 0.325 e. The topological polar surface area (TPSA) is 109 Å². The molecule has 0 unspecified atom stereocenters. The number of furan rings is 1. The lowest BCUT2D eigenvalue weighted by atomic mass is 10.0. The molecule has 26 heavy (non-hydrogen) atoms. The van der Waals surface area contributed by atoms with Crippen LogP contribution in [0.2, 0.25) is 0 Å². The van der Waals surface area contributed by atoms with Crippen LogP contribution in [0.15, 0.2) is 47.1 Å². The summed E-state index contributed by atoms with van der Waals surface area (Å²) in [5.74, 6) is -1.23. The van der Waals surface area contributed by atoms with Crippen LogP contribution < -0.4 is 10.6 Å². The van der Waals surface area contributed by atoms with Crippen LogP contribution in [0.1, 0.15) is 34.2 Å². The standard InChI is InChI=1S/C19H20N2O5/c1-12-10-14(5-7-16(12)18(23)21-13(2)19(24)25)11-20-17(22)8-6-15-4-3-9-26-15/h3-10,13H,11H2,1-2H3,(H,20,22)(H,21,23)(H,24,25)/b8-6+/t13-/m0/s1. The lowest BCUT2D eigenvalue weighted by molar-refractivity contribution is -0.138. The fourth-order valence-electron chi connectivity index (χ4n) is 2.22. The minimum absolute atomic E-state index is 0.267. The van der Waals surface area contributed by atoms with E-state index in [1.807, 2.05) is 0 Å². The Morgan fingerprint density at radius 1 is 1.27 bits per heavy atom. The monoisotopic (exact) mass is 356 g/mol. The van der Waals surface area contributed by atoms with Crippen LogP contribution in [0.5, 0.6) is 0 Å². The van der Waals surface area contributed by atoms with Gasteiger partial charge in [-0.05, 0) is 49.2 Å². The predicted octanol–water partition coefficient (Wildman–Crippen LogP) is 2.12. The Morgan fingerprint density at radius 2 is 2.04 bits per heavy atom. The number of carboxylic acids is 1. The minimum Gasteiger partial charge on any atom is -0.480 e. The highest BCUT2D eigenvalue weighted by molar-refractivity contribution is 5.97. The minimum atomic E-state index is -1.10. The van der Waals surface area contributed by atoms with Gasteiger partial charge in [0.15, 0.2) is 0 Å². The van der Waals surface area contributed by atoms with E-state index < -0.39 is 17.9 Å².